The topological polar surface area (TPSA) is 59.0 Å². The lowest BCUT2D eigenvalue weighted by atomic mass is 9.96. The van der Waals surface area contributed by atoms with Crippen molar-refractivity contribution in [2.45, 2.75) is 33.1 Å². The fraction of sp³-hybridized carbons (Fsp3) is 0.375. The third kappa shape index (κ3) is 3.00. The Kier molecular flexibility index (Phi) is 4.41. The molecule has 1 atom stereocenters. The Morgan fingerprint density at radius 1 is 1.30 bits per heavy atom. The highest BCUT2D eigenvalue weighted by atomic mass is 16.5. The summed E-state index contributed by atoms with van der Waals surface area (Å²) in [5.74, 6) is 1.33. The van der Waals surface area contributed by atoms with E-state index in [1.807, 2.05) is 45.0 Å². The number of nitrogens with zero attached hydrogens (tertiary/aromatic N) is 2. The van der Waals surface area contributed by atoms with Crippen LogP contribution in [0.15, 0.2) is 28.8 Å². The largest absolute Gasteiger partial charge is 0.493 e. The van der Waals surface area contributed by atoms with Gasteiger partial charge >= 0.3 is 0 Å². The number of para-hydroxylation sites is 1. The molecule has 0 fully saturated rings. The zero-order valence-electron chi connectivity index (χ0n) is 12.0. The second-order valence-corrected chi connectivity index (χ2v) is 4.82. The van der Waals surface area contributed by atoms with E-state index in [1.54, 1.807) is 0 Å². The molecule has 0 radical (unpaired) electrons. The molecule has 0 aliphatic heterocycles. The van der Waals surface area contributed by atoms with Crippen LogP contribution in [-0.4, -0.2) is 11.8 Å². The molecule has 0 aliphatic carbocycles. The van der Waals surface area contributed by atoms with Crippen LogP contribution in [-0.2, 0) is 0 Å². The summed E-state index contributed by atoms with van der Waals surface area (Å²) in [5.41, 5.74) is 2.77. The lowest BCUT2D eigenvalue weighted by Crippen LogP contribution is -2.06. The van der Waals surface area contributed by atoms with Crippen LogP contribution in [0.4, 0.5) is 0 Å². The summed E-state index contributed by atoms with van der Waals surface area (Å²) in [5, 5.41) is 13.2. The maximum Gasteiger partial charge on any atom is 0.138 e. The van der Waals surface area contributed by atoms with E-state index in [4.69, 9.17) is 9.26 Å². The van der Waals surface area contributed by atoms with Crippen molar-refractivity contribution in [3.8, 4) is 11.8 Å². The lowest BCUT2D eigenvalue weighted by molar-refractivity contribution is 0.303. The molecule has 1 heterocycles. The first-order valence-corrected chi connectivity index (χ1v) is 6.64. The number of rotatable bonds is 5. The van der Waals surface area contributed by atoms with Gasteiger partial charge in [0, 0.05) is 12.0 Å². The Morgan fingerprint density at radius 3 is 2.65 bits per heavy atom. The first-order chi connectivity index (χ1) is 9.63. The van der Waals surface area contributed by atoms with Gasteiger partial charge in [-0.2, -0.15) is 5.26 Å². The van der Waals surface area contributed by atoms with Gasteiger partial charge in [-0.3, -0.25) is 0 Å². The number of aryl methyl sites for hydroxylation is 3. The van der Waals surface area contributed by atoms with Crippen molar-refractivity contribution in [1.82, 2.24) is 5.16 Å². The van der Waals surface area contributed by atoms with E-state index in [2.05, 4.69) is 11.2 Å². The fourth-order valence-electron chi connectivity index (χ4n) is 2.27. The zero-order valence-corrected chi connectivity index (χ0v) is 12.0. The van der Waals surface area contributed by atoms with Crippen molar-refractivity contribution in [3.05, 3.63) is 46.8 Å². The first kappa shape index (κ1) is 14.1. The second kappa shape index (κ2) is 6.25. The quantitative estimate of drug-likeness (QED) is 0.831. The minimum Gasteiger partial charge on any atom is -0.493 e. The summed E-state index contributed by atoms with van der Waals surface area (Å²) in [6, 6.07) is 10.2. The van der Waals surface area contributed by atoms with E-state index in [0.717, 1.165) is 22.6 Å². The predicted octanol–water partition coefficient (Wildman–Crippen LogP) is 3.68. The van der Waals surface area contributed by atoms with Crippen molar-refractivity contribution in [2.24, 2.45) is 0 Å². The molecule has 1 unspecified atom stereocenters. The zero-order chi connectivity index (χ0) is 14.5. The molecule has 1 aromatic carbocycles. The van der Waals surface area contributed by atoms with Crippen LogP contribution in [0.5, 0.6) is 5.75 Å². The van der Waals surface area contributed by atoms with Gasteiger partial charge in [-0.25, -0.2) is 0 Å². The van der Waals surface area contributed by atoms with Crippen molar-refractivity contribution in [2.75, 3.05) is 6.61 Å². The number of hydrogen-bond acceptors (Lipinski definition) is 4. The number of benzene rings is 1. The maximum absolute atomic E-state index is 9.32. The molecule has 0 saturated heterocycles. The van der Waals surface area contributed by atoms with Gasteiger partial charge in [-0.05, 0) is 32.4 Å². The molecular weight excluding hydrogens is 252 g/mol. The number of ether oxygens (including phenoxy) is 1. The van der Waals surface area contributed by atoms with E-state index in [1.165, 1.54) is 0 Å². The van der Waals surface area contributed by atoms with Crippen molar-refractivity contribution < 1.29 is 9.26 Å². The summed E-state index contributed by atoms with van der Waals surface area (Å²) >= 11 is 0. The summed E-state index contributed by atoms with van der Waals surface area (Å²) in [6.45, 7) is 6.19. The van der Waals surface area contributed by atoms with Crippen molar-refractivity contribution in [1.29, 1.82) is 5.26 Å². The first-order valence-electron chi connectivity index (χ1n) is 6.64. The summed E-state index contributed by atoms with van der Waals surface area (Å²) in [7, 11) is 0. The summed E-state index contributed by atoms with van der Waals surface area (Å²) in [4.78, 5) is 0. The van der Waals surface area contributed by atoms with E-state index in [-0.39, 0.29) is 5.92 Å². The maximum atomic E-state index is 9.32. The molecule has 0 spiro atoms. The van der Waals surface area contributed by atoms with E-state index < -0.39 is 0 Å². The van der Waals surface area contributed by atoms with Crippen molar-refractivity contribution in [3.63, 3.8) is 0 Å². The van der Waals surface area contributed by atoms with Crippen LogP contribution in [0.3, 0.4) is 0 Å². The molecule has 20 heavy (non-hydrogen) atoms. The minimum atomic E-state index is -0.245. The Labute approximate surface area is 119 Å². The molecule has 0 saturated carbocycles. The Bertz CT molecular complexity index is 606. The normalized spacial score (nSPS) is 11.9. The SMILES string of the molecule is Cc1ccccc1OCCC(C#N)c1c(C)noc1C. The Morgan fingerprint density at radius 2 is 2.05 bits per heavy atom. The van der Waals surface area contributed by atoms with Gasteiger partial charge in [0.25, 0.3) is 0 Å². The van der Waals surface area contributed by atoms with Gasteiger partial charge in [0.05, 0.1) is 24.3 Å². The summed E-state index contributed by atoms with van der Waals surface area (Å²) < 4.78 is 10.9. The van der Waals surface area contributed by atoms with Gasteiger partial charge in [-0.15, -0.1) is 0 Å². The molecule has 0 N–H and O–H groups in total. The minimum absolute atomic E-state index is 0.245. The summed E-state index contributed by atoms with van der Waals surface area (Å²) in [6.07, 6.45) is 0.619. The Balaban J connectivity index is 1.99. The van der Waals surface area contributed by atoms with Gasteiger partial charge in [-0.1, -0.05) is 23.4 Å². The number of nitriles is 1. The van der Waals surface area contributed by atoms with Gasteiger partial charge < -0.3 is 9.26 Å². The van der Waals surface area contributed by atoms with E-state index in [0.29, 0.717) is 18.8 Å². The molecule has 104 valence electrons. The molecule has 4 nitrogen and oxygen atoms in total. The average molecular weight is 270 g/mol. The van der Waals surface area contributed by atoms with E-state index in [9.17, 15) is 5.26 Å². The highest BCUT2D eigenvalue weighted by molar-refractivity contribution is 5.32. The third-order valence-electron chi connectivity index (χ3n) is 3.35. The molecule has 1 aromatic heterocycles. The fourth-order valence-corrected chi connectivity index (χ4v) is 2.27. The van der Waals surface area contributed by atoms with Crippen LogP contribution in [0.25, 0.3) is 0 Å². The van der Waals surface area contributed by atoms with Gasteiger partial charge in [0.15, 0.2) is 0 Å². The molecule has 0 aliphatic rings. The van der Waals surface area contributed by atoms with Crippen LogP contribution in [0.2, 0.25) is 0 Å². The third-order valence-corrected chi connectivity index (χ3v) is 3.35. The molecule has 0 bridgehead atoms. The smallest absolute Gasteiger partial charge is 0.138 e. The van der Waals surface area contributed by atoms with Crippen LogP contribution >= 0.6 is 0 Å². The molecular formula is C16H18N2O2. The highest BCUT2D eigenvalue weighted by Crippen LogP contribution is 2.26. The molecule has 2 rings (SSSR count). The van der Waals surface area contributed by atoms with Crippen molar-refractivity contribution >= 4 is 0 Å². The molecule has 0 amide bonds. The average Bonchev–Trinajstić information content (AvgIpc) is 2.77. The molecule has 2 aromatic rings. The standard InChI is InChI=1S/C16H18N2O2/c1-11-6-4-5-7-15(11)19-9-8-14(10-17)16-12(2)18-20-13(16)3/h4-7,14H,8-9H2,1-3H3. The van der Waals surface area contributed by atoms with Crippen LogP contribution < -0.4 is 4.74 Å². The lowest BCUT2D eigenvalue weighted by Gasteiger charge is -2.11. The van der Waals surface area contributed by atoms with Crippen LogP contribution in [0, 0.1) is 32.1 Å². The Hall–Kier alpha value is -2.28. The monoisotopic (exact) mass is 270 g/mol. The van der Waals surface area contributed by atoms with Gasteiger partial charge in [0.1, 0.15) is 11.5 Å². The highest BCUT2D eigenvalue weighted by Gasteiger charge is 2.20. The predicted molar refractivity (Wildman–Crippen MR) is 75.6 cm³/mol. The van der Waals surface area contributed by atoms with Crippen LogP contribution in [0.1, 0.15) is 34.9 Å². The molecule has 4 heteroatoms. The second-order valence-electron chi connectivity index (χ2n) is 4.82. The van der Waals surface area contributed by atoms with Gasteiger partial charge in [0.2, 0.25) is 0 Å². The number of aromatic nitrogens is 1. The number of hydrogen-bond donors (Lipinski definition) is 0. The van der Waals surface area contributed by atoms with E-state index >= 15 is 0 Å².